The molecule has 1 aliphatic rings. The van der Waals surface area contributed by atoms with E-state index in [9.17, 15) is 18.0 Å². The van der Waals surface area contributed by atoms with Gasteiger partial charge in [-0.3, -0.25) is 4.79 Å². The summed E-state index contributed by atoms with van der Waals surface area (Å²) in [6.07, 6.45) is -0.378. The SMILES string of the molecule is Nc1ncc(-c2cccc(C(F)(F)F)c2)c([C@H]2CCCCN2C(=O)Cc2ccccc2)n1. The van der Waals surface area contributed by atoms with Crippen LogP contribution in [0.4, 0.5) is 19.1 Å². The van der Waals surface area contributed by atoms with Gasteiger partial charge < -0.3 is 10.6 Å². The number of aromatic nitrogens is 2. The maximum Gasteiger partial charge on any atom is 0.416 e. The molecule has 1 atom stereocenters. The molecule has 8 heteroatoms. The third-order valence-corrected chi connectivity index (χ3v) is 5.67. The monoisotopic (exact) mass is 440 g/mol. The molecule has 1 aliphatic heterocycles. The van der Waals surface area contributed by atoms with Crippen molar-refractivity contribution < 1.29 is 18.0 Å². The third-order valence-electron chi connectivity index (χ3n) is 5.67. The van der Waals surface area contributed by atoms with Crippen LogP contribution in [-0.4, -0.2) is 27.3 Å². The van der Waals surface area contributed by atoms with Crippen molar-refractivity contribution in [2.24, 2.45) is 0 Å². The molecule has 0 spiro atoms. The van der Waals surface area contributed by atoms with Crippen LogP contribution in [0, 0.1) is 0 Å². The number of nitrogen functional groups attached to an aromatic ring is 1. The number of likely N-dealkylation sites (tertiary alicyclic amines) is 1. The Morgan fingerprint density at radius 1 is 1.09 bits per heavy atom. The van der Waals surface area contributed by atoms with E-state index in [0.717, 1.165) is 30.5 Å². The number of halogens is 3. The maximum absolute atomic E-state index is 13.3. The predicted octanol–water partition coefficient (Wildman–Crippen LogP) is 5.04. The fraction of sp³-hybridized carbons (Fsp3) is 0.292. The van der Waals surface area contributed by atoms with Crippen molar-refractivity contribution in [2.45, 2.75) is 37.9 Å². The molecule has 0 bridgehead atoms. The van der Waals surface area contributed by atoms with Crippen LogP contribution in [0.1, 0.15) is 42.1 Å². The molecule has 0 aliphatic carbocycles. The number of hydrogen-bond donors (Lipinski definition) is 1. The Hall–Kier alpha value is -3.42. The summed E-state index contributed by atoms with van der Waals surface area (Å²) in [5.74, 6) is -0.0233. The van der Waals surface area contributed by atoms with Crippen molar-refractivity contribution in [3.05, 3.63) is 77.6 Å². The molecule has 3 aromatic rings. The predicted molar refractivity (Wildman–Crippen MR) is 115 cm³/mol. The minimum Gasteiger partial charge on any atom is -0.368 e. The first kappa shape index (κ1) is 21.8. The lowest BCUT2D eigenvalue weighted by molar-refractivity contribution is -0.137. The van der Waals surface area contributed by atoms with Crippen LogP contribution in [0.2, 0.25) is 0 Å². The number of rotatable bonds is 4. The van der Waals surface area contributed by atoms with Gasteiger partial charge in [-0.05, 0) is 42.5 Å². The van der Waals surface area contributed by atoms with Crippen LogP contribution in [0.3, 0.4) is 0 Å². The summed E-state index contributed by atoms with van der Waals surface area (Å²) in [5, 5.41) is 0. The van der Waals surface area contributed by atoms with Gasteiger partial charge in [0.05, 0.1) is 23.7 Å². The van der Waals surface area contributed by atoms with Crippen molar-refractivity contribution in [1.29, 1.82) is 0 Å². The molecule has 2 N–H and O–H groups in total. The van der Waals surface area contributed by atoms with E-state index in [1.165, 1.54) is 12.3 Å². The number of hydrogen-bond acceptors (Lipinski definition) is 4. The molecule has 1 saturated heterocycles. The first-order valence-electron chi connectivity index (χ1n) is 10.5. The molecule has 2 heterocycles. The van der Waals surface area contributed by atoms with Gasteiger partial charge in [0.25, 0.3) is 0 Å². The molecule has 5 nitrogen and oxygen atoms in total. The van der Waals surface area contributed by atoms with E-state index in [1.54, 1.807) is 11.0 Å². The molecular formula is C24H23F3N4O. The van der Waals surface area contributed by atoms with E-state index in [1.807, 2.05) is 30.3 Å². The smallest absolute Gasteiger partial charge is 0.368 e. The summed E-state index contributed by atoms with van der Waals surface area (Å²) in [6.45, 7) is 0.558. The largest absolute Gasteiger partial charge is 0.416 e. The summed E-state index contributed by atoms with van der Waals surface area (Å²) >= 11 is 0. The second kappa shape index (κ2) is 8.98. The highest BCUT2D eigenvalue weighted by atomic mass is 19.4. The minimum atomic E-state index is -4.46. The highest BCUT2D eigenvalue weighted by molar-refractivity contribution is 5.80. The standard InChI is InChI=1S/C24H23F3N4O/c25-24(26,27)18-10-6-9-17(14-18)19-15-29-23(28)30-22(19)20-11-4-5-12-31(20)21(32)13-16-7-2-1-3-8-16/h1-3,6-10,14-15,20H,4-5,11-13H2,(H2,28,29,30)/t20-/m1/s1. The van der Waals surface area contributed by atoms with Gasteiger partial charge in [0.2, 0.25) is 11.9 Å². The Bertz CT molecular complexity index is 1100. The van der Waals surface area contributed by atoms with Crippen molar-refractivity contribution in [2.75, 3.05) is 12.3 Å². The van der Waals surface area contributed by atoms with Gasteiger partial charge in [-0.15, -0.1) is 0 Å². The lowest BCUT2D eigenvalue weighted by Gasteiger charge is -2.36. The molecule has 2 aromatic carbocycles. The zero-order chi connectivity index (χ0) is 22.7. The number of carbonyl (C=O) groups is 1. The molecule has 4 rings (SSSR count). The quantitative estimate of drug-likeness (QED) is 0.617. The summed E-state index contributed by atoms with van der Waals surface area (Å²) in [7, 11) is 0. The van der Waals surface area contributed by atoms with Crippen molar-refractivity contribution in [3.63, 3.8) is 0 Å². The van der Waals surface area contributed by atoms with E-state index < -0.39 is 11.7 Å². The van der Waals surface area contributed by atoms with E-state index >= 15 is 0 Å². The fourth-order valence-corrected chi connectivity index (χ4v) is 4.14. The van der Waals surface area contributed by atoms with E-state index in [4.69, 9.17) is 5.73 Å². The second-order valence-corrected chi connectivity index (χ2v) is 7.87. The fourth-order valence-electron chi connectivity index (χ4n) is 4.14. The van der Waals surface area contributed by atoms with Gasteiger partial charge in [-0.1, -0.05) is 42.5 Å². The summed E-state index contributed by atoms with van der Waals surface area (Å²) in [4.78, 5) is 23.4. The lowest BCUT2D eigenvalue weighted by Crippen LogP contribution is -2.40. The van der Waals surface area contributed by atoms with Gasteiger partial charge in [-0.25, -0.2) is 9.97 Å². The molecule has 0 saturated carbocycles. The lowest BCUT2D eigenvalue weighted by atomic mass is 9.92. The number of nitrogens with two attached hydrogens (primary N) is 1. The number of anilines is 1. The van der Waals surface area contributed by atoms with Gasteiger partial charge in [0, 0.05) is 18.3 Å². The topological polar surface area (TPSA) is 72.1 Å². The number of benzene rings is 2. The Morgan fingerprint density at radius 2 is 1.88 bits per heavy atom. The molecular weight excluding hydrogens is 417 g/mol. The average Bonchev–Trinajstić information content (AvgIpc) is 2.79. The highest BCUT2D eigenvalue weighted by Crippen LogP contribution is 2.38. The van der Waals surface area contributed by atoms with Gasteiger partial charge in [0.1, 0.15) is 0 Å². The van der Waals surface area contributed by atoms with Crippen molar-refractivity contribution in [1.82, 2.24) is 14.9 Å². The number of nitrogens with zero attached hydrogens (tertiary/aromatic N) is 3. The first-order chi connectivity index (χ1) is 15.3. The van der Waals surface area contributed by atoms with E-state index in [-0.39, 0.29) is 24.3 Å². The molecule has 1 aromatic heterocycles. The summed E-state index contributed by atoms with van der Waals surface area (Å²) < 4.78 is 39.8. The van der Waals surface area contributed by atoms with Crippen LogP contribution < -0.4 is 5.73 Å². The van der Waals surface area contributed by atoms with Crippen LogP contribution in [0.5, 0.6) is 0 Å². The number of piperidine rings is 1. The molecule has 166 valence electrons. The maximum atomic E-state index is 13.3. The molecule has 1 fully saturated rings. The Labute approximate surface area is 184 Å². The minimum absolute atomic E-state index is 0.0248. The van der Waals surface area contributed by atoms with Crippen LogP contribution in [-0.2, 0) is 17.4 Å². The zero-order valence-electron chi connectivity index (χ0n) is 17.3. The van der Waals surface area contributed by atoms with Crippen LogP contribution in [0.25, 0.3) is 11.1 Å². The van der Waals surface area contributed by atoms with Crippen molar-refractivity contribution in [3.8, 4) is 11.1 Å². The van der Waals surface area contributed by atoms with Gasteiger partial charge in [0.15, 0.2) is 0 Å². The van der Waals surface area contributed by atoms with E-state index in [0.29, 0.717) is 29.8 Å². The third kappa shape index (κ3) is 4.74. The summed E-state index contributed by atoms with van der Waals surface area (Å²) in [6, 6.07) is 14.1. The van der Waals surface area contributed by atoms with Crippen molar-refractivity contribution >= 4 is 11.9 Å². The van der Waals surface area contributed by atoms with E-state index in [2.05, 4.69) is 9.97 Å². The normalized spacial score (nSPS) is 16.7. The summed E-state index contributed by atoms with van der Waals surface area (Å²) in [5.41, 5.74) is 7.29. The average molecular weight is 440 g/mol. The van der Waals surface area contributed by atoms with Gasteiger partial charge in [-0.2, -0.15) is 13.2 Å². The molecule has 0 unspecified atom stereocenters. The first-order valence-corrected chi connectivity index (χ1v) is 10.5. The van der Waals surface area contributed by atoms with Crippen LogP contribution >= 0.6 is 0 Å². The molecule has 0 radical (unpaired) electrons. The molecule has 32 heavy (non-hydrogen) atoms. The number of carbonyl (C=O) groups excluding carboxylic acids is 1. The Morgan fingerprint density at radius 3 is 2.62 bits per heavy atom. The highest BCUT2D eigenvalue weighted by Gasteiger charge is 2.33. The zero-order valence-corrected chi connectivity index (χ0v) is 17.3. The Balaban J connectivity index is 1.72. The second-order valence-electron chi connectivity index (χ2n) is 7.87. The van der Waals surface area contributed by atoms with Crippen LogP contribution in [0.15, 0.2) is 60.8 Å². The number of alkyl halides is 3. The Kier molecular flexibility index (Phi) is 6.12. The van der Waals surface area contributed by atoms with Gasteiger partial charge >= 0.3 is 6.18 Å². The number of amides is 1. The molecule has 1 amide bonds.